The third-order valence-electron chi connectivity index (χ3n) is 3.74. The molecule has 5 nitrogen and oxygen atoms in total. The van der Waals surface area contributed by atoms with E-state index in [2.05, 4.69) is 5.32 Å². The van der Waals surface area contributed by atoms with Crippen LogP contribution in [0, 0.1) is 0 Å². The average molecular weight is 263 g/mol. The van der Waals surface area contributed by atoms with E-state index in [4.69, 9.17) is 0 Å². The Morgan fingerprint density at radius 3 is 2.68 bits per heavy atom. The monoisotopic (exact) mass is 263 g/mol. The summed E-state index contributed by atoms with van der Waals surface area (Å²) in [5.41, 5.74) is 1.76. The highest BCUT2D eigenvalue weighted by Gasteiger charge is 2.22. The van der Waals surface area contributed by atoms with Crippen molar-refractivity contribution >= 4 is 11.6 Å². The largest absolute Gasteiger partial charge is 0.508 e. The number of hydrogen-bond donors (Lipinski definition) is 2. The number of carbonyl (C=O) groups excluding carboxylic acids is 1. The molecular weight excluding hydrogens is 242 g/mol. The van der Waals surface area contributed by atoms with Crippen LogP contribution >= 0.6 is 0 Å². The molecule has 0 bridgehead atoms. The van der Waals surface area contributed by atoms with E-state index in [9.17, 15) is 9.90 Å². The van der Waals surface area contributed by atoms with Gasteiger partial charge in [-0.25, -0.2) is 0 Å². The Morgan fingerprint density at radius 1 is 1.37 bits per heavy atom. The van der Waals surface area contributed by atoms with Crippen LogP contribution in [0.5, 0.6) is 5.75 Å². The zero-order chi connectivity index (χ0) is 14.0. The minimum atomic E-state index is 0.100. The van der Waals surface area contributed by atoms with E-state index >= 15 is 0 Å². The van der Waals surface area contributed by atoms with Gasteiger partial charge in [-0.3, -0.25) is 4.79 Å². The molecule has 1 heterocycles. The van der Waals surface area contributed by atoms with Crippen molar-refractivity contribution in [3.63, 3.8) is 0 Å². The van der Waals surface area contributed by atoms with Crippen molar-refractivity contribution in [3.05, 3.63) is 23.8 Å². The van der Waals surface area contributed by atoms with Gasteiger partial charge in [0.25, 0.3) is 0 Å². The van der Waals surface area contributed by atoms with E-state index in [-0.39, 0.29) is 17.7 Å². The lowest BCUT2D eigenvalue weighted by atomic mass is 10.1. The van der Waals surface area contributed by atoms with Gasteiger partial charge in [-0.05, 0) is 20.0 Å². The molecule has 2 N–H and O–H groups in total. The maximum absolute atomic E-state index is 11.7. The topological polar surface area (TPSA) is 55.8 Å². The first kappa shape index (κ1) is 13.7. The first-order valence-electron chi connectivity index (χ1n) is 6.52. The van der Waals surface area contributed by atoms with Gasteiger partial charge in [-0.2, -0.15) is 0 Å². The summed E-state index contributed by atoms with van der Waals surface area (Å²) in [6, 6.07) is 5.71. The smallest absolute Gasteiger partial charge is 0.241 e. The van der Waals surface area contributed by atoms with Gasteiger partial charge in [-0.1, -0.05) is 6.07 Å². The lowest BCUT2D eigenvalue weighted by Gasteiger charge is -2.33. The second-order valence-electron chi connectivity index (χ2n) is 4.99. The van der Waals surface area contributed by atoms with Gasteiger partial charge >= 0.3 is 0 Å². The maximum Gasteiger partial charge on any atom is 0.241 e. The third-order valence-corrected chi connectivity index (χ3v) is 3.74. The normalized spacial score (nSPS) is 17.7. The number of phenols is 1. The lowest BCUT2D eigenvalue weighted by molar-refractivity contribution is -0.129. The van der Waals surface area contributed by atoms with E-state index in [1.807, 2.05) is 38.1 Å². The third kappa shape index (κ3) is 2.81. The number of hydrogen-bond acceptors (Lipinski definition) is 4. The van der Waals surface area contributed by atoms with Crippen molar-refractivity contribution in [3.8, 4) is 5.75 Å². The van der Waals surface area contributed by atoms with Gasteiger partial charge in [0, 0.05) is 43.5 Å². The first-order chi connectivity index (χ1) is 9.02. The molecule has 0 aliphatic carbocycles. The highest BCUT2D eigenvalue weighted by molar-refractivity contribution is 5.82. The standard InChI is InChI=1S/C14H21N3O2/c1-10(15-2)12-5-4-11(8-13(12)18)17-7-6-16(3)14(19)9-17/h4-5,8,10,15,18H,6-7,9H2,1-3H3. The van der Waals surface area contributed by atoms with Crippen LogP contribution in [0.15, 0.2) is 18.2 Å². The Morgan fingerprint density at radius 2 is 2.11 bits per heavy atom. The molecule has 104 valence electrons. The molecule has 1 aliphatic heterocycles. The minimum absolute atomic E-state index is 0.100. The molecule has 1 aromatic rings. The van der Waals surface area contributed by atoms with E-state index in [0.717, 1.165) is 17.8 Å². The molecule has 0 saturated carbocycles. The number of aromatic hydroxyl groups is 1. The zero-order valence-electron chi connectivity index (χ0n) is 11.7. The maximum atomic E-state index is 11.7. The highest BCUT2D eigenvalue weighted by atomic mass is 16.3. The number of anilines is 1. The fraction of sp³-hybridized carbons (Fsp3) is 0.500. The van der Waals surface area contributed by atoms with Crippen LogP contribution in [0.1, 0.15) is 18.5 Å². The summed E-state index contributed by atoms with van der Waals surface area (Å²) in [6.07, 6.45) is 0. The Balaban J connectivity index is 2.18. The SMILES string of the molecule is CNC(C)c1ccc(N2CCN(C)C(=O)C2)cc1O. The van der Waals surface area contributed by atoms with Crippen molar-refractivity contribution < 1.29 is 9.90 Å². The summed E-state index contributed by atoms with van der Waals surface area (Å²) in [4.78, 5) is 15.4. The highest BCUT2D eigenvalue weighted by Crippen LogP contribution is 2.29. The summed E-state index contributed by atoms with van der Waals surface area (Å²) < 4.78 is 0. The molecule has 1 saturated heterocycles. The van der Waals surface area contributed by atoms with Crippen molar-refractivity contribution in [2.24, 2.45) is 0 Å². The lowest BCUT2D eigenvalue weighted by Crippen LogP contribution is -2.48. The number of nitrogens with zero attached hydrogens (tertiary/aromatic N) is 2. The second-order valence-corrected chi connectivity index (χ2v) is 4.99. The van der Waals surface area contributed by atoms with Crippen LogP contribution < -0.4 is 10.2 Å². The summed E-state index contributed by atoms with van der Waals surface area (Å²) in [7, 11) is 3.67. The number of phenolic OH excluding ortho intramolecular Hbond substituents is 1. The van der Waals surface area contributed by atoms with Gasteiger partial charge in [-0.15, -0.1) is 0 Å². The number of rotatable bonds is 3. The van der Waals surface area contributed by atoms with Gasteiger partial charge in [0.15, 0.2) is 0 Å². The molecule has 2 rings (SSSR count). The summed E-state index contributed by atoms with van der Waals surface area (Å²) in [5.74, 6) is 0.379. The molecule has 1 fully saturated rings. The van der Waals surface area contributed by atoms with Crippen LogP contribution in [-0.4, -0.2) is 49.6 Å². The molecule has 19 heavy (non-hydrogen) atoms. The summed E-state index contributed by atoms with van der Waals surface area (Å²) >= 11 is 0. The predicted octanol–water partition coefficient (Wildman–Crippen LogP) is 0.951. The van der Waals surface area contributed by atoms with E-state index in [0.29, 0.717) is 13.1 Å². The van der Waals surface area contributed by atoms with E-state index < -0.39 is 0 Å². The zero-order valence-corrected chi connectivity index (χ0v) is 11.7. The number of nitrogens with one attached hydrogen (secondary N) is 1. The van der Waals surface area contributed by atoms with Crippen LogP contribution in [0.2, 0.25) is 0 Å². The van der Waals surface area contributed by atoms with Crippen LogP contribution in [0.3, 0.4) is 0 Å². The Bertz CT molecular complexity index is 476. The van der Waals surface area contributed by atoms with E-state index in [1.165, 1.54) is 0 Å². The van der Waals surface area contributed by atoms with Gasteiger partial charge in [0.05, 0.1) is 6.54 Å². The Labute approximate surface area is 113 Å². The van der Waals surface area contributed by atoms with Crippen LogP contribution in [0.25, 0.3) is 0 Å². The summed E-state index contributed by atoms with van der Waals surface area (Å²) in [5, 5.41) is 13.2. The number of amides is 1. The Kier molecular flexibility index (Phi) is 3.95. The fourth-order valence-electron chi connectivity index (χ4n) is 2.23. The molecule has 0 radical (unpaired) electrons. The molecule has 1 unspecified atom stereocenters. The predicted molar refractivity (Wildman–Crippen MR) is 75.4 cm³/mol. The quantitative estimate of drug-likeness (QED) is 0.852. The molecule has 1 aromatic carbocycles. The molecule has 5 heteroatoms. The molecule has 1 aliphatic rings. The number of carbonyl (C=O) groups is 1. The van der Waals surface area contributed by atoms with Crippen molar-refractivity contribution in [2.75, 3.05) is 38.6 Å². The first-order valence-corrected chi connectivity index (χ1v) is 6.52. The number of likely N-dealkylation sites (N-methyl/N-ethyl adjacent to an activating group) is 1. The fourth-order valence-corrected chi connectivity index (χ4v) is 2.23. The second kappa shape index (κ2) is 5.48. The minimum Gasteiger partial charge on any atom is -0.508 e. The average Bonchev–Trinajstić information content (AvgIpc) is 2.41. The number of piperazine rings is 1. The summed E-state index contributed by atoms with van der Waals surface area (Å²) in [6.45, 7) is 3.88. The van der Waals surface area contributed by atoms with E-state index in [1.54, 1.807) is 11.0 Å². The molecular formula is C14H21N3O2. The molecule has 1 amide bonds. The van der Waals surface area contributed by atoms with Crippen molar-refractivity contribution in [2.45, 2.75) is 13.0 Å². The van der Waals surface area contributed by atoms with Crippen LogP contribution in [0.4, 0.5) is 5.69 Å². The van der Waals surface area contributed by atoms with Crippen LogP contribution in [-0.2, 0) is 4.79 Å². The molecule has 0 aromatic heterocycles. The van der Waals surface area contributed by atoms with Crippen molar-refractivity contribution in [1.29, 1.82) is 0 Å². The Hall–Kier alpha value is -1.75. The van der Waals surface area contributed by atoms with Crippen molar-refractivity contribution in [1.82, 2.24) is 10.2 Å². The van der Waals surface area contributed by atoms with Gasteiger partial charge in [0.2, 0.25) is 5.91 Å². The van der Waals surface area contributed by atoms with Gasteiger partial charge in [0.1, 0.15) is 5.75 Å². The molecule has 1 atom stereocenters. The van der Waals surface area contributed by atoms with Gasteiger partial charge < -0.3 is 20.2 Å². The number of benzene rings is 1. The molecule has 0 spiro atoms.